The highest BCUT2D eigenvalue weighted by Gasteiger charge is 2.34. The number of nitrogens with one attached hydrogen (secondary N) is 1. The van der Waals surface area contributed by atoms with Gasteiger partial charge in [0.25, 0.3) is 5.56 Å². The van der Waals surface area contributed by atoms with Crippen LogP contribution in [0.1, 0.15) is 18.7 Å². The molecular weight excluding hydrogens is 348 g/mol. The fourth-order valence-electron chi connectivity index (χ4n) is 3.52. The molecule has 2 heterocycles. The number of H-pyrrole nitrogens is 1. The van der Waals surface area contributed by atoms with Crippen LogP contribution in [0.15, 0.2) is 16.9 Å². The number of fused-ring (bicyclic) bond motifs is 1. The van der Waals surface area contributed by atoms with E-state index in [4.69, 9.17) is 9.47 Å². The fraction of sp³-hybridized carbons (Fsp3) is 0.526. The number of nitrogens with zero attached hydrogens (tertiary/aromatic N) is 3. The molecule has 4 rings (SSSR count). The predicted octanol–water partition coefficient (Wildman–Crippen LogP) is 0.994. The van der Waals surface area contributed by atoms with Crippen LogP contribution in [-0.2, 0) is 11.3 Å². The number of methoxy groups -OCH3 is 2. The van der Waals surface area contributed by atoms with E-state index in [9.17, 15) is 9.59 Å². The molecule has 2 aromatic rings. The van der Waals surface area contributed by atoms with Gasteiger partial charge in [0, 0.05) is 38.2 Å². The van der Waals surface area contributed by atoms with Crippen molar-refractivity contribution >= 4 is 16.8 Å². The molecule has 2 aliphatic rings. The molecule has 8 heteroatoms. The van der Waals surface area contributed by atoms with Crippen molar-refractivity contribution < 1.29 is 14.3 Å². The maximum Gasteiger partial charge on any atom is 0.258 e. The summed E-state index contributed by atoms with van der Waals surface area (Å²) in [6.07, 6.45) is 2.07. The number of carbonyl (C=O) groups is 1. The standard InChI is InChI=1S/C19H24N4O4/c1-26-15-9-13-14(10-16(15)27-2)20-17(21-18(13)24)11-22-5-7-23(8-6-22)19(25)12-3-4-12/h9-10,12H,3-8,11H2,1-2H3,(H,20,21,24). The molecule has 0 radical (unpaired) electrons. The van der Waals surface area contributed by atoms with Crippen molar-refractivity contribution in [1.82, 2.24) is 19.8 Å². The number of aromatic nitrogens is 2. The number of hydrogen-bond donors (Lipinski definition) is 1. The molecule has 1 aromatic heterocycles. The molecule has 1 saturated carbocycles. The first-order valence-corrected chi connectivity index (χ1v) is 9.25. The molecule has 1 aromatic carbocycles. The minimum Gasteiger partial charge on any atom is -0.493 e. The maximum absolute atomic E-state index is 12.5. The van der Waals surface area contributed by atoms with E-state index in [1.54, 1.807) is 19.2 Å². The van der Waals surface area contributed by atoms with E-state index in [2.05, 4.69) is 14.9 Å². The molecule has 0 bridgehead atoms. The lowest BCUT2D eigenvalue weighted by Crippen LogP contribution is -2.49. The number of aromatic amines is 1. The van der Waals surface area contributed by atoms with Crippen LogP contribution in [0.2, 0.25) is 0 Å². The summed E-state index contributed by atoms with van der Waals surface area (Å²) in [5.74, 6) is 2.22. The second-order valence-electron chi connectivity index (χ2n) is 7.11. The van der Waals surface area contributed by atoms with Gasteiger partial charge < -0.3 is 19.4 Å². The van der Waals surface area contributed by atoms with Crippen LogP contribution in [-0.4, -0.2) is 66.1 Å². The Morgan fingerprint density at radius 1 is 1.15 bits per heavy atom. The van der Waals surface area contributed by atoms with Gasteiger partial charge in [-0.3, -0.25) is 14.5 Å². The maximum atomic E-state index is 12.5. The Balaban J connectivity index is 1.49. The summed E-state index contributed by atoms with van der Waals surface area (Å²) >= 11 is 0. The Morgan fingerprint density at radius 3 is 2.44 bits per heavy atom. The average Bonchev–Trinajstić information content (AvgIpc) is 3.52. The molecular formula is C19H24N4O4. The second-order valence-corrected chi connectivity index (χ2v) is 7.11. The fourth-order valence-corrected chi connectivity index (χ4v) is 3.52. The van der Waals surface area contributed by atoms with Crippen LogP contribution >= 0.6 is 0 Å². The highest BCUT2D eigenvalue weighted by molar-refractivity contribution is 5.82. The van der Waals surface area contributed by atoms with E-state index < -0.39 is 0 Å². The summed E-state index contributed by atoms with van der Waals surface area (Å²) < 4.78 is 10.6. The zero-order valence-corrected chi connectivity index (χ0v) is 15.7. The first-order valence-electron chi connectivity index (χ1n) is 9.25. The van der Waals surface area contributed by atoms with Gasteiger partial charge in [-0.25, -0.2) is 4.98 Å². The molecule has 8 nitrogen and oxygen atoms in total. The van der Waals surface area contributed by atoms with Gasteiger partial charge in [0.05, 0.1) is 31.7 Å². The van der Waals surface area contributed by atoms with Crippen LogP contribution in [0.3, 0.4) is 0 Å². The van der Waals surface area contributed by atoms with Gasteiger partial charge >= 0.3 is 0 Å². The zero-order valence-electron chi connectivity index (χ0n) is 15.7. The van der Waals surface area contributed by atoms with Crippen LogP contribution in [0.5, 0.6) is 11.5 Å². The van der Waals surface area contributed by atoms with E-state index in [1.807, 2.05) is 4.90 Å². The van der Waals surface area contributed by atoms with Gasteiger partial charge in [-0.15, -0.1) is 0 Å². The molecule has 0 atom stereocenters. The number of ether oxygens (including phenoxy) is 2. The molecule has 1 aliphatic carbocycles. The van der Waals surface area contributed by atoms with Crippen LogP contribution < -0.4 is 15.0 Å². The number of amides is 1. The number of piperazine rings is 1. The summed E-state index contributed by atoms with van der Waals surface area (Å²) in [7, 11) is 3.09. The smallest absolute Gasteiger partial charge is 0.258 e. The molecule has 27 heavy (non-hydrogen) atoms. The minimum absolute atomic E-state index is 0.196. The lowest BCUT2D eigenvalue weighted by atomic mass is 10.2. The van der Waals surface area contributed by atoms with E-state index in [1.165, 1.54) is 7.11 Å². The van der Waals surface area contributed by atoms with Crippen LogP contribution in [0.25, 0.3) is 10.9 Å². The summed E-state index contributed by atoms with van der Waals surface area (Å²) in [5.41, 5.74) is 0.382. The molecule has 144 valence electrons. The largest absolute Gasteiger partial charge is 0.493 e. The van der Waals surface area contributed by atoms with E-state index in [0.717, 1.165) is 39.0 Å². The molecule has 1 aliphatic heterocycles. The Kier molecular flexibility index (Phi) is 4.73. The van der Waals surface area contributed by atoms with E-state index in [0.29, 0.717) is 40.7 Å². The van der Waals surface area contributed by atoms with Crippen molar-refractivity contribution in [2.45, 2.75) is 19.4 Å². The molecule has 0 spiro atoms. The van der Waals surface area contributed by atoms with Gasteiger partial charge in [-0.2, -0.15) is 0 Å². The quantitative estimate of drug-likeness (QED) is 0.842. The average molecular weight is 372 g/mol. The number of rotatable bonds is 5. The van der Waals surface area contributed by atoms with E-state index in [-0.39, 0.29) is 11.5 Å². The van der Waals surface area contributed by atoms with Crippen molar-refractivity contribution in [1.29, 1.82) is 0 Å². The molecule has 1 N–H and O–H groups in total. The van der Waals surface area contributed by atoms with Gasteiger partial charge in [0.15, 0.2) is 11.5 Å². The Bertz CT molecular complexity index is 914. The highest BCUT2D eigenvalue weighted by atomic mass is 16.5. The third-order valence-electron chi connectivity index (χ3n) is 5.24. The third kappa shape index (κ3) is 3.62. The summed E-state index contributed by atoms with van der Waals surface area (Å²) in [6, 6.07) is 3.37. The van der Waals surface area contributed by atoms with Gasteiger partial charge in [-0.1, -0.05) is 0 Å². The third-order valence-corrected chi connectivity index (χ3v) is 5.24. The predicted molar refractivity (Wildman–Crippen MR) is 100 cm³/mol. The number of hydrogen-bond acceptors (Lipinski definition) is 6. The SMILES string of the molecule is COc1cc2nc(CN3CCN(C(=O)C4CC4)CC3)[nH]c(=O)c2cc1OC. The summed E-state index contributed by atoms with van der Waals surface area (Å²) in [6.45, 7) is 3.58. The number of carbonyl (C=O) groups excluding carboxylic acids is 1. The van der Waals surface area contributed by atoms with E-state index >= 15 is 0 Å². The van der Waals surface area contributed by atoms with Crippen LogP contribution in [0.4, 0.5) is 0 Å². The van der Waals surface area contributed by atoms with Gasteiger partial charge in [0.2, 0.25) is 5.91 Å². The minimum atomic E-state index is -0.196. The topological polar surface area (TPSA) is 87.8 Å². The van der Waals surface area contributed by atoms with Crippen LogP contribution in [0, 0.1) is 5.92 Å². The summed E-state index contributed by atoms with van der Waals surface area (Å²) in [4.78, 5) is 36.3. The highest BCUT2D eigenvalue weighted by Crippen LogP contribution is 2.31. The Hall–Kier alpha value is -2.61. The van der Waals surface area contributed by atoms with Gasteiger partial charge in [-0.05, 0) is 18.9 Å². The number of benzene rings is 1. The Morgan fingerprint density at radius 2 is 1.81 bits per heavy atom. The Labute approximate surface area is 157 Å². The lowest BCUT2D eigenvalue weighted by Gasteiger charge is -2.34. The zero-order chi connectivity index (χ0) is 19.0. The second kappa shape index (κ2) is 7.19. The first kappa shape index (κ1) is 17.8. The van der Waals surface area contributed by atoms with Crippen molar-refractivity contribution in [3.05, 3.63) is 28.3 Å². The van der Waals surface area contributed by atoms with Gasteiger partial charge in [0.1, 0.15) is 5.82 Å². The molecule has 1 amide bonds. The first-order chi connectivity index (χ1) is 13.1. The molecule has 0 unspecified atom stereocenters. The van der Waals surface area contributed by atoms with Crippen molar-refractivity contribution in [2.75, 3.05) is 40.4 Å². The van der Waals surface area contributed by atoms with Crippen molar-refractivity contribution in [3.63, 3.8) is 0 Å². The van der Waals surface area contributed by atoms with Crippen molar-refractivity contribution in [3.8, 4) is 11.5 Å². The monoisotopic (exact) mass is 372 g/mol. The summed E-state index contributed by atoms with van der Waals surface area (Å²) in [5, 5.41) is 0.469. The molecule has 1 saturated heterocycles. The lowest BCUT2D eigenvalue weighted by molar-refractivity contribution is -0.134. The normalized spacial score (nSPS) is 17.9. The van der Waals surface area contributed by atoms with Crippen molar-refractivity contribution in [2.24, 2.45) is 5.92 Å². The molecule has 2 fully saturated rings.